The molecule has 7 nitrogen and oxygen atoms in total. The van der Waals surface area contributed by atoms with E-state index in [-0.39, 0.29) is 31.3 Å². The highest BCUT2D eigenvalue weighted by Crippen LogP contribution is 2.37. The van der Waals surface area contributed by atoms with Crippen LogP contribution in [0.15, 0.2) is 10.2 Å². The first-order chi connectivity index (χ1) is 9.78. The molecule has 2 heterocycles. The molecule has 1 fully saturated rings. The topological polar surface area (TPSA) is 97.2 Å². The van der Waals surface area contributed by atoms with Crippen molar-refractivity contribution in [3.63, 3.8) is 0 Å². The average molecular weight is 313 g/mol. The number of sulfone groups is 1. The fourth-order valence-electron chi connectivity index (χ4n) is 2.38. The molecule has 0 atom stereocenters. The molecule has 0 unspecified atom stereocenters. The maximum absolute atomic E-state index is 12.0. The van der Waals surface area contributed by atoms with Gasteiger partial charge in [-0.3, -0.25) is 4.79 Å². The van der Waals surface area contributed by atoms with Crippen molar-refractivity contribution in [3.05, 3.63) is 0 Å². The Morgan fingerprint density at radius 2 is 2.05 bits per heavy atom. The highest BCUT2D eigenvalue weighted by molar-refractivity contribution is 7.90. The van der Waals surface area contributed by atoms with Gasteiger partial charge in [0.25, 0.3) is 0 Å². The predicted octanol–water partition coefficient (Wildman–Crippen LogP) is 0.272. The van der Waals surface area contributed by atoms with Crippen molar-refractivity contribution in [1.29, 1.82) is 0 Å². The molecule has 0 aromatic carbocycles. The standard InChI is InChI=1S/C13H19N3O4S/c1-3-4-6-13(15-16-13)7-5-11(17)14-12(8-20-9-12)10-21(2,18)19/h1H,4-10H2,2H3,(H,14,17). The Kier molecular flexibility index (Phi) is 4.35. The zero-order chi connectivity index (χ0) is 15.6. The lowest BCUT2D eigenvalue weighted by Gasteiger charge is -2.41. The third-order valence-corrected chi connectivity index (χ3v) is 4.58. The van der Waals surface area contributed by atoms with E-state index in [4.69, 9.17) is 11.2 Å². The molecule has 0 radical (unpaired) electrons. The third-order valence-electron chi connectivity index (χ3n) is 3.50. The molecule has 0 spiro atoms. The predicted molar refractivity (Wildman–Crippen MR) is 76.3 cm³/mol. The Bertz CT molecular complexity index is 581. The fourth-order valence-corrected chi connectivity index (χ4v) is 3.62. The van der Waals surface area contributed by atoms with Crippen LogP contribution >= 0.6 is 0 Å². The summed E-state index contributed by atoms with van der Waals surface area (Å²) in [5.74, 6) is 2.21. The highest BCUT2D eigenvalue weighted by Gasteiger charge is 2.44. The van der Waals surface area contributed by atoms with E-state index in [1.54, 1.807) is 0 Å². The summed E-state index contributed by atoms with van der Waals surface area (Å²) in [7, 11) is -3.19. The smallest absolute Gasteiger partial charge is 0.220 e. The van der Waals surface area contributed by atoms with Gasteiger partial charge in [-0.25, -0.2) is 8.42 Å². The minimum atomic E-state index is -3.19. The van der Waals surface area contributed by atoms with Crippen molar-refractivity contribution >= 4 is 15.7 Å². The van der Waals surface area contributed by atoms with Crippen LogP contribution in [-0.4, -0.2) is 50.7 Å². The molecule has 0 bridgehead atoms. The zero-order valence-electron chi connectivity index (χ0n) is 12.0. The van der Waals surface area contributed by atoms with E-state index in [9.17, 15) is 13.2 Å². The summed E-state index contributed by atoms with van der Waals surface area (Å²) in [6.07, 6.45) is 8.31. The fraction of sp³-hybridized carbons (Fsp3) is 0.769. The van der Waals surface area contributed by atoms with E-state index in [1.807, 2.05) is 0 Å². The monoisotopic (exact) mass is 313 g/mol. The first kappa shape index (κ1) is 15.9. The van der Waals surface area contributed by atoms with Gasteiger partial charge in [-0.2, -0.15) is 10.2 Å². The van der Waals surface area contributed by atoms with Crippen molar-refractivity contribution in [1.82, 2.24) is 5.32 Å². The molecule has 2 aliphatic heterocycles. The van der Waals surface area contributed by atoms with Gasteiger partial charge in [-0.15, -0.1) is 12.3 Å². The summed E-state index contributed by atoms with van der Waals surface area (Å²) in [5.41, 5.74) is -1.28. The number of ether oxygens (including phenoxy) is 1. The van der Waals surface area contributed by atoms with Crippen molar-refractivity contribution < 1.29 is 17.9 Å². The van der Waals surface area contributed by atoms with Crippen molar-refractivity contribution in [3.8, 4) is 12.3 Å². The minimum Gasteiger partial charge on any atom is -0.376 e. The number of carbonyl (C=O) groups excluding carboxylic acids is 1. The maximum Gasteiger partial charge on any atom is 0.220 e. The Hall–Kier alpha value is -1.46. The summed E-state index contributed by atoms with van der Waals surface area (Å²) < 4.78 is 27.9. The van der Waals surface area contributed by atoms with Gasteiger partial charge < -0.3 is 10.1 Å². The van der Waals surface area contributed by atoms with Gasteiger partial charge in [-0.05, 0) is 0 Å². The van der Waals surface area contributed by atoms with Crippen molar-refractivity contribution in [2.45, 2.75) is 36.9 Å². The van der Waals surface area contributed by atoms with E-state index in [0.29, 0.717) is 19.3 Å². The Balaban J connectivity index is 1.80. The maximum atomic E-state index is 12.0. The quantitative estimate of drug-likeness (QED) is 0.650. The molecule has 1 N–H and O–H groups in total. The van der Waals surface area contributed by atoms with Crippen LogP contribution in [0.5, 0.6) is 0 Å². The number of nitrogens with zero attached hydrogens (tertiary/aromatic N) is 2. The lowest BCUT2D eigenvalue weighted by molar-refractivity contribution is -0.131. The van der Waals surface area contributed by atoms with Gasteiger partial charge in [0.15, 0.2) is 5.66 Å². The molecule has 0 aromatic heterocycles. The van der Waals surface area contributed by atoms with Gasteiger partial charge in [-0.1, -0.05) is 0 Å². The lowest BCUT2D eigenvalue weighted by Crippen LogP contribution is -2.65. The van der Waals surface area contributed by atoms with E-state index < -0.39 is 21.0 Å². The molecule has 21 heavy (non-hydrogen) atoms. The molecule has 2 aliphatic rings. The van der Waals surface area contributed by atoms with Crippen LogP contribution in [0.2, 0.25) is 0 Å². The third kappa shape index (κ3) is 4.51. The van der Waals surface area contributed by atoms with Gasteiger partial charge in [0.2, 0.25) is 5.91 Å². The number of carbonyl (C=O) groups is 1. The van der Waals surface area contributed by atoms with Crippen LogP contribution in [0.25, 0.3) is 0 Å². The first-order valence-corrected chi connectivity index (χ1v) is 8.78. The molecule has 0 saturated carbocycles. The van der Waals surface area contributed by atoms with E-state index in [0.717, 1.165) is 6.26 Å². The summed E-state index contributed by atoms with van der Waals surface area (Å²) in [5, 5.41) is 10.7. The van der Waals surface area contributed by atoms with Crippen LogP contribution < -0.4 is 5.32 Å². The molecule has 116 valence electrons. The van der Waals surface area contributed by atoms with Crippen molar-refractivity contribution in [2.24, 2.45) is 10.2 Å². The van der Waals surface area contributed by atoms with E-state index in [1.165, 1.54) is 0 Å². The summed E-state index contributed by atoms with van der Waals surface area (Å²) >= 11 is 0. The molecule has 2 rings (SSSR count). The number of terminal acetylenes is 1. The van der Waals surface area contributed by atoms with E-state index >= 15 is 0 Å². The first-order valence-electron chi connectivity index (χ1n) is 6.72. The highest BCUT2D eigenvalue weighted by atomic mass is 32.2. The second-order valence-electron chi connectivity index (χ2n) is 5.78. The summed E-state index contributed by atoms with van der Waals surface area (Å²) in [4.78, 5) is 12.0. The molecule has 0 aromatic rings. The summed E-state index contributed by atoms with van der Waals surface area (Å²) in [6.45, 7) is 0.450. The Morgan fingerprint density at radius 3 is 2.48 bits per heavy atom. The van der Waals surface area contributed by atoms with Crippen LogP contribution in [0.4, 0.5) is 0 Å². The van der Waals surface area contributed by atoms with Gasteiger partial charge in [0, 0.05) is 31.9 Å². The number of amides is 1. The van der Waals surface area contributed by atoms with Crippen LogP contribution in [0, 0.1) is 12.3 Å². The number of hydrogen-bond acceptors (Lipinski definition) is 6. The normalized spacial score (nSPS) is 21.1. The van der Waals surface area contributed by atoms with Crippen LogP contribution in [0.1, 0.15) is 25.7 Å². The number of nitrogens with one attached hydrogen (secondary N) is 1. The largest absolute Gasteiger partial charge is 0.376 e. The molecule has 0 aliphatic carbocycles. The molecule has 1 saturated heterocycles. The molecular formula is C13H19N3O4S. The van der Waals surface area contributed by atoms with Gasteiger partial charge >= 0.3 is 0 Å². The van der Waals surface area contributed by atoms with Crippen molar-refractivity contribution in [2.75, 3.05) is 25.2 Å². The zero-order valence-corrected chi connectivity index (χ0v) is 12.8. The van der Waals surface area contributed by atoms with Gasteiger partial charge in [0.05, 0.1) is 19.0 Å². The van der Waals surface area contributed by atoms with Crippen LogP contribution in [0.3, 0.4) is 0 Å². The van der Waals surface area contributed by atoms with E-state index in [2.05, 4.69) is 21.5 Å². The Morgan fingerprint density at radius 1 is 1.38 bits per heavy atom. The van der Waals surface area contributed by atoms with Crippen LogP contribution in [-0.2, 0) is 19.4 Å². The SMILES string of the molecule is C#CCCC1(CCC(=O)NC2(CS(C)(=O)=O)COC2)N=N1. The second-order valence-corrected chi connectivity index (χ2v) is 7.92. The number of rotatable bonds is 8. The minimum absolute atomic E-state index is 0.108. The number of hydrogen-bond donors (Lipinski definition) is 1. The Labute approximate surface area is 124 Å². The average Bonchev–Trinajstić information content (AvgIpc) is 3.10. The summed E-state index contributed by atoms with van der Waals surface area (Å²) in [6, 6.07) is 0. The lowest BCUT2D eigenvalue weighted by atomic mass is 9.98. The molecule has 8 heteroatoms. The molecule has 1 amide bonds. The van der Waals surface area contributed by atoms with Gasteiger partial charge in [0.1, 0.15) is 15.4 Å². The second kappa shape index (κ2) is 5.73. The molecular weight excluding hydrogens is 294 g/mol.